The predicted octanol–water partition coefficient (Wildman–Crippen LogP) is -1.37. The summed E-state index contributed by atoms with van der Waals surface area (Å²) in [4.78, 5) is 10.6. The highest BCUT2D eigenvalue weighted by Crippen LogP contribution is 2.22. The summed E-state index contributed by atoms with van der Waals surface area (Å²) in [6.45, 7) is 0.544. The summed E-state index contributed by atoms with van der Waals surface area (Å²) < 4.78 is 4.85. The van der Waals surface area contributed by atoms with Gasteiger partial charge in [-0.2, -0.15) is 0 Å². The van der Waals surface area contributed by atoms with Crippen LogP contribution in [-0.2, 0) is 9.53 Å². The van der Waals surface area contributed by atoms with Crippen LogP contribution >= 0.6 is 0 Å². The summed E-state index contributed by atoms with van der Waals surface area (Å²) >= 11 is 0. The van der Waals surface area contributed by atoms with Crippen LogP contribution in [0.15, 0.2) is 0 Å². The lowest BCUT2D eigenvalue weighted by Crippen LogP contribution is -2.28. The predicted molar refractivity (Wildman–Crippen MR) is 32.3 cm³/mol. The summed E-state index contributed by atoms with van der Waals surface area (Å²) in [5.41, 5.74) is 0. The van der Waals surface area contributed by atoms with E-state index in [0.717, 1.165) is 0 Å². The lowest BCUT2D eigenvalue weighted by molar-refractivity contribution is -0.144. The van der Waals surface area contributed by atoms with E-state index in [2.05, 4.69) is 5.32 Å². The highest BCUT2D eigenvalue weighted by Gasteiger charge is 2.43. The first-order valence-electron chi connectivity index (χ1n) is 3.38. The average molecular weight is 143 g/mol. The molecule has 0 aliphatic carbocycles. The molecule has 3 unspecified atom stereocenters. The number of fused-ring (bicyclic) bond motifs is 1. The van der Waals surface area contributed by atoms with Crippen LogP contribution in [0.1, 0.15) is 6.42 Å². The van der Waals surface area contributed by atoms with Gasteiger partial charge in [-0.1, -0.05) is 0 Å². The fraction of sp³-hybridized carbons (Fsp3) is 0.833. The van der Waals surface area contributed by atoms with E-state index >= 15 is 0 Å². The molecule has 0 radical (unpaired) electrons. The topological polar surface area (TPSA) is 58.6 Å². The number of rotatable bonds is 0. The largest absolute Gasteiger partial charge is 0.458 e. The molecule has 0 saturated carbocycles. The second-order valence-corrected chi connectivity index (χ2v) is 2.74. The van der Waals surface area contributed by atoms with Gasteiger partial charge in [0.15, 0.2) is 0 Å². The van der Waals surface area contributed by atoms with Gasteiger partial charge in [0, 0.05) is 6.54 Å². The molecule has 2 N–H and O–H groups in total. The molecule has 56 valence electrons. The minimum absolute atomic E-state index is 0.0579. The molecule has 2 heterocycles. The van der Waals surface area contributed by atoms with Gasteiger partial charge in [-0.25, -0.2) is 0 Å². The van der Waals surface area contributed by atoms with Gasteiger partial charge in [-0.05, 0) is 0 Å². The van der Waals surface area contributed by atoms with Crippen LogP contribution in [0.3, 0.4) is 0 Å². The van der Waals surface area contributed by atoms with Crippen LogP contribution in [0.2, 0.25) is 0 Å². The van der Waals surface area contributed by atoms with E-state index in [-0.39, 0.29) is 18.1 Å². The van der Waals surface area contributed by atoms with E-state index in [1.807, 2.05) is 0 Å². The van der Waals surface area contributed by atoms with Gasteiger partial charge in [0.05, 0.1) is 12.5 Å². The molecular weight excluding hydrogens is 134 g/mol. The fourth-order valence-electron chi connectivity index (χ4n) is 1.50. The number of carbonyl (C=O) groups is 1. The fourth-order valence-corrected chi connectivity index (χ4v) is 1.50. The molecular formula is C6H9NO3. The van der Waals surface area contributed by atoms with Crippen molar-refractivity contribution in [1.29, 1.82) is 0 Å². The zero-order chi connectivity index (χ0) is 7.14. The average Bonchev–Trinajstić information content (AvgIpc) is 2.35. The minimum Gasteiger partial charge on any atom is -0.458 e. The molecule has 3 atom stereocenters. The van der Waals surface area contributed by atoms with Crippen LogP contribution in [0, 0.1) is 0 Å². The Labute approximate surface area is 58.2 Å². The summed E-state index contributed by atoms with van der Waals surface area (Å²) in [5, 5.41) is 12.2. The Morgan fingerprint density at radius 2 is 2.50 bits per heavy atom. The zero-order valence-electron chi connectivity index (χ0n) is 5.41. The van der Waals surface area contributed by atoms with Crippen molar-refractivity contribution >= 4 is 5.97 Å². The molecule has 4 heteroatoms. The van der Waals surface area contributed by atoms with Crippen molar-refractivity contribution in [2.45, 2.75) is 24.7 Å². The molecule has 2 saturated heterocycles. The number of esters is 1. The van der Waals surface area contributed by atoms with E-state index in [4.69, 9.17) is 4.74 Å². The van der Waals surface area contributed by atoms with Crippen LogP contribution in [-0.4, -0.2) is 35.9 Å². The molecule has 2 fully saturated rings. The quantitative estimate of drug-likeness (QED) is 0.411. The van der Waals surface area contributed by atoms with E-state index in [1.54, 1.807) is 0 Å². The third kappa shape index (κ3) is 0.726. The van der Waals surface area contributed by atoms with Crippen molar-refractivity contribution in [2.24, 2.45) is 0 Å². The maximum atomic E-state index is 10.6. The van der Waals surface area contributed by atoms with E-state index in [0.29, 0.717) is 13.0 Å². The first-order chi connectivity index (χ1) is 4.77. The molecule has 2 aliphatic rings. The molecule has 10 heavy (non-hydrogen) atoms. The number of hydrogen-bond donors (Lipinski definition) is 2. The third-order valence-corrected chi connectivity index (χ3v) is 2.02. The lowest BCUT2D eigenvalue weighted by atomic mass is 10.1. The Balaban J connectivity index is 2.12. The maximum Gasteiger partial charge on any atom is 0.307 e. The summed E-state index contributed by atoms with van der Waals surface area (Å²) in [6.07, 6.45) is -0.384. The molecule has 0 aromatic heterocycles. The second-order valence-electron chi connectivity index (χ2n) is 2.74. The van der Waals surface area contributed by atoms with Gasteiger partial charge in [-0.15, -0.1) is 0 Å². The number of aliphatic hydroxyl groups is 1. The number of ether oxygens (including phenoxy) is 1. The molecule has 0 aromatic rings. The van der Waals surface area contributed by atoms with Gasteiger partial charge in [0.2, 0.25) is 0 Å². The van der Waals surface area contributed by atoms with Gasteiger partial charge in [-0.3, -0.25) is 4.79 Å². The Kier molecular flexibility index (Phi) is 1.18. The number of carbonyl (C=O) groups excluding carboxylic acids is 1. The molecule has 2 aliphatic heterocycles. The van der Waals surface area contributed by atoms with E-state index in [1.165, 1.54) is 0 Å². The van der Waals surface area contributed by atoms with Crippen molar-refractivity contribution in [1.82, 2.24) is 5.32 Å². The summed E-state index contributed by atoms with van der Waals surface area (Å²) in [6, 6.07) is 0.0579. The minimum atomic E-state index is -0.503. The van der Waals surface area contributed by atoms with Crippen molar-refractivity contribution in [3.05, 3.63) is 0 Å². The van der Waals surface area contributed by atoms with Gasteiger partial charge < -0.3 is 15.2 Å². The highest BCUT2D eigenvalue weighted by atomic mass is 16.6. The standard InChI is InChI=1S/C6H9NO3/c8-4-2-7-3-1-5(9)10-6(3)4/h3-4,6-8H,1-2H2. The Bertz CT molecular complexity index is 170. The molecule has 4 nitrogen and oxygen atoms in total. The molecule has 0 bridgehead atoms. The SMILES string of the molecule is O=C1CC2NCC(O)C2O1. The third-order valence-electron chi connectivity index (χ3n) is 2.02. The maximum absolute atomic E-state index is 10.6. The summed E-state index contributed by atoms with van der Waals surface area (Å²) in [5.74, 6) is -0.207. The van der Waals surface area contributed by atoms with Crippen LogP contribution in [0.5, 0.6) is 0 Å². The number of nitrogens with one attached hydrogen (secondary N) is 1. The normalized spacial score (nSPS) is 45.3. The number of β-amino-alcohol motifs (C(OH)–C–C–N with tert-alkyl or cyclic N) is 1. The Morgan fingerprint density at radius 3 is 3.20 bits per heavy atom. The molecule has 2 rings (SSSR count). The van der Waals surface area contributed by atoms with Crippen molar-refractivity contribution < 1.29 is 14.6 Å². The Morgan fingerprint density at radius 1 is 1.70 bits per heavy atom. The van der Waals surface area contributed by atoms with E-state index < -0.39 is 6.10 Å². The van der Waals surface area contributed by atoms with Crippen molar-refractivity contribution in [3.8, 4) is 0 Å². The van der Waals surface area contributed by atoms with Gasteiger partial charge >= 0.3 is 5.97 Å². The van der Waals surface area contributed by atoms with Gasteiger partial charge in [0.25, 0.3) is 0 Å². The van der Waals surface area contributed by atoms with Crippen LogP contribution in [0.4, 0.5) is 0 Å². The molecule has 0 amide bonds. The monoisotopic (exact) mass is 143 g/mol. The smallest absolute Gasteiger partial charge is 0.307 e. The number of hydrogen-bond acceptors (Lipinski definition) is 4. The van der Waals surface area contributed by atoms with Crippen molar-refractivity contribution in [3.63, 3.8) is 0 Å². The van der Waals surface area contributed by atoms with Crippen molar-refractivity contribution in [2.75, 3.05) is 6.54 Å². The van der Waals surface area contributed by atoms with Crippen LogP contribution < -0.4 is 5.32 Å². The van der Waals surface area contributed by atoms with Crippen LogP contribution in [0.25, 0.3) is 0 Å². The zero-order valence-corrected chi connectivity index (χ0v) is 5.41. The summed E-state index contributed by atoms with van der Waals surface area (Å²) in [7, 11) is 0. The van der Waals surface area contributed by atoms with E-state index in [9.17, 15) is 9.90 Å². The second kappa shape index (κ2) is 1.93. The molecule has 0 aromatic carbocycles. The number of aliphatic hydroxyl groups excluding tert-OH is 1. The Hall–Kier alpha value is -0.610. The first-order valence-corrected chi connectivity index (χ1v) is 3.38. The lowest BCUT2D eigenvalue weighted by Gasteiger charge is -2.09. The first kappa shape index (κ1) is 6.12. The molecule has 0 spiro atoms. The van der Waals surface area contributed by atoms with Gasteiger partial charge in [0.1, 0.15) is 12.2 Å². The highest BCUT2D eigenvalue weighted by molar-refractivity contribution is 5.73.